The van der Waals surface area contributed by atoms with Gasteiger partial charge in [0.05, 0.1) is 0 Å². The van der Waals surface area contributed by atoms with E-state index in [1.165, 1.54) is 64.0 Å². The molecule has 1 aromatic heterocycles. The van der Waals surface area contributed by atoms with E-state index in [2.05, 4.69) is 20.9 Å². The summed E-state index contributed by atoms with van der Waals surface area (Å²) in [6.45, 7) is 7.25. The van der Waals surface area contributed by atoms with Gasteiger partial charge in [0.25, 0.3) is 0 Å². The molecule has 0 saturated carbocycles. The van der Waals surface area contributed by atoms with Crippen LogP contribution in [0.1, 0.15) is 36.9 Å². The minimum absolute atomic E-state index is 0.524. The van der Waals surface area contributed by atoms with Crippen LogP contribution in [-0.2, 0) is 6.54 Å². The van der Waals surface area contributed by atoms with E-state index >= 15 is 0 Å². The zero-order valence-electron chi connectivity index (χ0n) is 12.7. The van der Waals surface area contributed by atoms with E-state index in [0.717, 1.165) is 12.5 Å². The second-order valence-corrected chi connectivity index (χ2v) is 6.39. The van der Waals surface area contributed by atoms with E-state index in [1.54, 1.807) is 6.20 Å². The quantitative estimate of drug-likeness (QED) is 0.850. The molecule has 0 spiro atoms. The third-order valence-corrected chi connectivity index (χ3v) is 4.77. The summed E-state index contributed by atoms with van der Waals surface area (Å²) in [5.41, 5.74) is 1.73. The van der Waals surface area contributed by atoms with Gasteiger partial charge in [0, 0.05) is 19.3 Å². The molecule has 3 rings (SSSR count). The zero-order chi connectivity index (χ0) is 14.5. The Kier molecular flexibility index (Phi) is 4.84. The van der Waals surface area contributed by atoms with Gasteiger partial charge in [0.1, 0.15) is 11.8 Å². The van der Waals surface area contributed by atoms with Gasteiger partial charge in [-0.3, -0.25) is 4.90 Å². The van der Waals surface area contributed by atoms with Crippen molar-refractivity contribution in [1.29, 1.82) is 5.26 Å². The van der Waals surface area contributed by atoms with Crippen molar-refractivity contribution < 1.29 is 0 Å². The van der Waals surface area contributed by atoms with Crippen LogP contribution in [0.3, 0.4) is 0 Å². The second-order valence-electron chi connectivity index (χ2n) is 6.39. The summed E-state index contributed by atoms with van der Waals surface area (Å²) in [7, 11) is 0. The van der Waals surface area contributed by atoms with Crippen LogP contribution < -0.4 is 0 Å². The lowest BCUT2D eigenvalue weighted by atomic mass is 9.96. The Balaban J connectivity index is 1.45. The van der Waals surface area contributed by atoms with Crippen molar-refractivity contribution in [3.8, 4) is 6.07 Å². The van der Waals surface area contributed by atoms with E-state index in [-0.39, 0.29) is 0 Å². The molecule has 2 aliphatic heterocycles. The van der Waals surface area contributed by atoms with Gasteiger partial charge in [-0.2, -0.15) is 5.26 Å². The lowest BCUT2D eigenvalue weighted by molar-refractivity contribution is 0.149. The summed E-state index contributed by atoms with van der Waals surface area (Å²) in [6.07, 6.45) is 7.15. The molecule has 0 atom stereocenters. The van der Waals surface area contributed by atoms with Crippen LogP contribution in [0.25, 0.3) is 0 Å². The fraction of sp³-hybridized carbons (Fsp3) is 0.647. The highest BCUT2D eigenvalue weighted by atomic mass is 15.2. The zero-order valence-corrected chi connectivity index (χ0v) is 12.7. The summed E-state index contributed by atoms with van der Waals surface area (Å²) >= 11 is 0. The Bertz CT molecular complexity index is 494. The Morgan fingerprint density at radius 3 is 2.62 bits per heavy atom. The minimum atomic E-state index is 0.524. The number of hydrogen-bond donors (Lipinski definition) is 0. The van der Waals surface area contributed by atoms with Crippen LogP contribution in [0, 0.1) is 17.2 Å². The number of piperidine rings is 1. The van der Waals surface area contributed by atoms with Gasteiger partial charge in [0.2, 0.25) is 0 Å². The predicted octanol–water partition coefficient (Wildman–Crippen LogP) is 2.26. The summed E-state index contributed by atoms with van der Waals surface area (Å²) in [5, 5.41) is 8.91. The summed E-state index contributed by atoms with van der Waals surface area (Å²) in [4.78, 5) is 9.19. The maximum Gasteiger partial charge on any atom is 0.140 e. The van der Waals surface area contributed by atoms with Crippen molar-refractivity contribution in [3.05, 3.63) is 29.6 Å². The van der Waals surface area contributed by atoms with E-state index in [1.807, 2.05) is 12.1 Å². The van der Waals surface area contributed by atoms with Gasteiger partial charge in [-0.25, -0.2) is 4.98 Å². The Hall–Kier alpha value is -1.44. The molecule has 21 heavy (non-hydrogen) atoms. The Morgan fingerprint density at radius 2 is 1.90 bits per heavy atom. The van der Waals surface area contributed by atoms with E-state index < -0.39 is 0 Å². The smallest absolute Gasteiger partial charge is 0.140 e. The third kappa shape index (κ3) is 4.03. The van der Waals surface area contributed by atoms with Gasteiger partial charge in [0.15, 0.2) is 0 Å². The number of pyridine rings is 1. The number of likely N-dealkylation sites (tertiary alicyclic amines) is 2. The fourth-order valence-electron chi connectivity index (χ4n) is 3.55. The average molecular weight is 284 g/mol. The van der Waals surface area contributed by atoms with Crippen molar-refractivity contribution in [2.24, 2.45) is 5.92 Å². The van der Waals surface area contributed by atoms with Crippen LogP contribution in [0.2, 0.25) is 0 Å². The van der Waals surface area contributed by atoms with Gasteiger partial charge < -0.3 is 4.90 Å². The topological polar surface area (TPSA) is 43.2 Å². The van der Waals surface area contributed by atoms with Crippen LogP contribution >= 0.6 is 0 Å². The van der Waals surface area contributed by atoms with Crippen molar-refractivity contribution in [2.75, 3.05) is 32.7 Å². The molecule has 3 heterocycles. The van der Waals surface area contributed by atoms with Gasteiger partial charge in [-0.05, 0) is 75.5 Å². The first-order valence-electron chi connectivity index (χ1n) is 8.13. The number of nitrogens with zero attached hydrogens (tertiary/aromatic N) is 4. The Labute approximate surface area is 127 Å². The van der Waals surface area contributed by atoms with Crippen LogP contribution in [0.4, 0.5) is 0 Å². The SMILES string of the molecule is N#Cc1cc(CN2CCC(CN3CCCC3)CC2)ccn1. The molecule has 112 valence electrons. The number of aromatic nitrogens is 1. The average Bonchev–Trinajstić information content (AvgIpc) is 3.02. The van der Waals surface area contributed by atoms with Gasteiger partial charge in [-0.1, -0.05) is 0 Å². The molecule has 4 nitrogen and oxygen atoms in total. The fourth-order valence-corrected chi connectivity index (χ4v) is 3.55. The highest BCUT2D eigenvalue weighted by Crippen LogP contribution is 2.21. The van der Waals surface area contributed by atoms with Crippen molar-refractivity contribution in [1.82, 2.24) is 14.8 Å². The van der Waals surface area contributed by atoms with Crippen LogP contribution in [-0.4, -0.2) is 47.5 Å². The maximum absolute atomic E-state index is 8.91. The van der Waals surface area contributed by atoms with Crippen LogP contribution in [0.15, 0.2) is 18.3 Å². The molecular formula is C17H24N4. The lowest BCUT2D eigenvalue weighted by Crippen LogP contribution is -2.37. The second kappa shape index (κ2) is 7.02. The first kappa shape index (κ1) is 14.5. The maximum atomic E-state index is 8.91. The highest BCUT2D eigenvalue weighted by Gasteiger charge is 2.22. The van der Waals surface area contributed by atoms with Crippen LogP contribution in [0.5, 0.6) is 0 Å². The minimum Gasteiger partial charge on any atom is -0.303 e. The first-order chi connectivity index (χ1) is 10.3. The third-order valence-electron chi connectivity index (χ3n) is 4.77. The Morgan fingerprint density at radius 1 is 1.14 bits per heavy atom. The number of nitriles is 1. The predicted molar refractivity (Wildman–Crippen MR) is 82.6 cm³/mol. The van der Waals surface area contributed by atoms with Gasteiger partial charge >= 0.3 is 0 Å². The molecule has 4 heteroatoms. The summed E-state index contributed by atoms with van der Waals surface area (Å²) in [5.74, 6) is 0.881. The molecule has 0 unspecified atom stereocenters. The molecule has 0 radical (unpaired) electrons. The molecule has 2 aliphatic rings. The molecule has 0 aromatic carbocycles. The first-order valence-corrected chi connectivity index (χ1v) is 8.13. The van der Waals surface area contributed by atoms with E-state index in [4.69, 9.17) is 5.26 Å². The number of rotatable bonds is 4. The summed E-state index contributed by atoms with van der Waals surface area (Å²) in [6, 6.07) is 6.05. The number of hydrogen-bond acceptors (Lipinski definition) is 4. The van der Waals surface area contributed by atoms with Crippen molar-refractivity contribution in [2.45, 2.75) is 32.2 Å². The molecule has 2 saturated heterocycles. The molecule has 1 aromatic rings. The van der Waals surface area contributed by atoms with Crippen molar-refractivity contribution >= 4 is 0 Å². The normalized spacial score (nSPS) is 21.5. The standard InChI is InChI=1S/C17H24N4/c18-12-17-11-16(3-6-19-17)14-21-9-4-15(5-10-21)13-20-7-1-2-8-20/h3,6,11,15H,1-2,4-5,7-10,13-14H2. The largest absolute Gasteiger partial charge is 0.303 e. The van der Waals surface area contributed by atoms with E-state index in [9.17, 15) is 0 Å². The van der Waals surface area contributed by atoms with Gasteiger partial charge in [-0.15, -0.1) is 0 Å². The molecule has 0 amide bonds. The molecular weight excluding hydrogens is 260 g/mol. The highest BCUT2D eigenvalue weighted by molar-refractivity contribution is 5.25. The van der Waals surface area contributed by atoms with E-state index in [0.29, 0.717) is 5.69 Å². The molecule has 2 fully saturated rings. The molecule has 0 bridgehead atoms. The summed E-state index contributed by atoms with van der Waals surface area (Å²) < 4.78 is 0. The monoisotopic (exact) mass is 284 g/mol. The molecule has 0 N–H and O–H groups in total. The van der Waals surface area contributed by atoms with Crippen molar-refractivity contribution in [3.63, 3.8) is 0 Å². The molecule has 0 aliphatic carbocycles. The lowest BCUT2D eigenvalue weighted by Gasteiger charge is -2.33.